The summed E-state index contributed by atoms with van der Waals surface area (Å²) in [5.41, 5.74) is 5.86. The first kappa shape index (κ1) is 17.3. The summed E-state index contributed by atoms with van der Waals surface area (Å²) in [6, 6.07) is 3.79. The molecule has 0 saturated heterocycles. The van der Waals surface area contributed by atoms with Crippen LogP contribution in [0.1, 0.15) is 18.4 Å². The van der Waals surface area contributed by atoms with E-state index in [4.69, 9.17) is 34.0 Å². The number of hydrogen-bond donors (Lipinski definition) is 3. The van der Waals surface area contributed by atoms with Gasteiger partial charge in [-0.3, -0.25) is 14.4 Å². The maximum Gasteiger partial charge on any atom is 0.303 e. The van der Waals surface area contributed by atoms with E-state index in [1.54, 1.807) is 12.1 Å². The topological polar surface area (TPSA) is 109 Å². The van der Waals surface area contributed by atoms with Gasteiger partial charge in [-0.1, -0.05) is 23.2 Å². The van der Waals surface area contributed by atoms with Gasteiger partial charge < -0.3 is 16.2 Å². The molecular weight excluding hydrogens is 319 g/mol. The Kier molecular flexibility index (Phi) is 6.45. The van der Waals surface area contributed by atoms with Crippen LogP contribution in [0.3, 0.4) is 0 Å². The zero-order valence-corrected chi connectivity index (χ0v) is 12.4. The summed E-state index contributed by atoms with van der Waals surface area (Å²) >= 11 is 11.7. The second kappa shape index (κ2) is 7.85. The summed E-state index contributed by atoms with van der Waals surface area (Å²) in [5, 5.41) is 11.7. The van der Waals surface area contributed by atoms with Crippen LogP contribution in [0, 0.1) is 0 Å². The van der Waals surface area contributed by atoms with E-state index >= 15 is 0 Å². The van der Waals surface area contributed by atoms with Crippen molar-refractivity contribution < 1.29 is 19.5 Å². The molecule has 0 aliphatic carbocycles. The number of nitrogens with two attached hydrogens (primary N) is 1. The third-order valence-electron chi connectivity index (χ3n) is 2.61. The number of hydrogen-bond acceptors (Lipinski definition) is 3. The molecule has 0 aliphatic rings. The summed E-state index contributed by atoms with van der Waals surface area (Å²) in [4.78, 5) is 33.3. The van der Waals surface area contributed by atoms with E-state index in [2.05, 4.69) is 5.32 Å². The van der Waals surface area contributed by atoms with Gasteiger partial charge in [-0.25, -0.2) is 0 Å². The lowest BCUT2D eigenvalue weighted by Gasteiger charge is -2.15. The molecule has 1 rings (SSSR count). The summed E-state index contributed by atoms with van der Waals surface area (Å²) in [7, 11) is 0. The molecule has 0 spiro atoms. The predicted octanol–water partition coefficient (Wildman–Crippen LogP) is 1.37. The molecule has 0 aromatic heterocycles. The molecular formula is C13H14Cl2N2O4. The first-order chi connectivity index (χ1) is 9.77. The van der Waals surface area contributed by atoms with E-state index in [-0.39, 0.29) is 19.3 Å². The molecule has 1 atom stereocenters. The second-order valence-electron chi connectivity index (χ2n) is 4.40. The monoisotopic (exact) mass is 332 g/mol. The number of rotatable bonds is 7. The minimum Gasteiger partial charge on any atom is -0.481 e. The normalized spacial score (nSPS) is 11.7. The molecule has 0 aliphatic heterocycles. The lowest BCUT2D eigenvalue weighted by atomic mass is 10.1. The van der Waals surface area contributed by atoms with Crippen molar-refractivity contribution in [3.63, 3.8) is 0 Å². The van der Waals surface area contributed by atoms with E-state index in [0.717, 1.165) is 0 Å². The molecule has 0 heterocycles. The zero-order valence-electron chi connectivity index (χ0n) is 10.9. The largest absolute Gasteiger partial charge is 0.481 e. The van der Waals surface area contributed by atoms with Crippen LogP contribution in [0.25, 0.3) is 0 Å². The Morgan fingerprint density at radius 1 is 1.14 bits per heavy atom. The summed E-state index contributed by atoms with van der Waals surface area (Å²) in [6.07, 6.45) is -0.426. The number of aliphatic carboxylic acids is 1. The molecule has 0 radical (unpaired) electrons. The van der Waals surface area contributed by atoms with Crippen molar-refractivity contribution >= 4 is 41.0 Å². The van der Waals surface area contributed by atoms with Gasteiger partial charge in [-0.15, -0.1) is 0 Å². The number of primary amides is 1. The molecule has 0 fully saturated rings. The van der Waals surface area contributed by atoms with Gasteiger partial charge >= 0.3 is 5.97 Å². The van der Waals surface area contributed by atoms with E-state index in [9.17, 15) is 14.4 Å². The number of benzene rings is 1. The van der Waals surface area contributed by atoms with Crippen molar-refractivity contribution in [1.82, 2.24) is 5.32 Å². The molecule has 0 unspecified atom stereocenters. The standard InChI is InChI=1S/C13H14Cl2N2O4/c14-8-3-7(4-9(15)6-8)5-10(13(16)21)17-11(18)1-2-12(19)20/h3-4,6,10H,1-2,5H2,(H2,16,21)(H,17,18)(H,19,20)/t10-/m0/s1. The highest BCUT2D eigenvalue weighted by Gasteiger charge is 2.19. The quantitative estimate of drug-likeness (QED) is 0.700. The van der Waals surface area contributed by atoms with Gasteiger partial charge in [0.1, 0.15) is 6.04 Å². The van der Waals surface area contributed by atoms with Crippen LogP contribution < -0.4 is 11.1 Å². The Balaban J connectivity index is 2.71. The van der Waals surface area contributed by atoms with Gasteiger partial charge in [0.15, 0.2) is 0 Å². The van der Waals surface area contributed by atoms with E-state index in [0.29, 0.717) is 15.6 Å². The van der Waals surface area contributed by atoms with Crippen LogP contribution in [0.4, 0.5) is 0 Å². The fourth-order valence-corrected chi connectivity index (χ4v) is 2.25. The average Bonchev–Trinajstić information content (AvgIpc) is 2.34. The molecule has 8 heteroatoms. The molecule has 1 aromatic rings. The number of carbonyl (C=O) groups excluding carboxylic acids is 2. The maximum atomic E-state index is 11.6. The van der Waals surface area contributed by atoms with Gasteiger partial charge in [0.2, 0.25) is 11.8 Å². The minimum atomic E-state index is -1.10. The Bertz CT molecular complexity index is 543. The number of carboxylic acid groups (broad SMARTS) is 1. The van der Waals surface area contributed by atoms with Crippen LogP contribution in [-0.2, 0) is 20.8 Å². The van der Waals surface area contributed by atoms with E-state index in [1.807, 2.05) is 0 Å². The third-order valence-corrected chi connectivity index (χ3v) is 3.04. The molecule has 2 amide bonds. The van der Waals surface area contributed by atoms with Gasteiger partial charge in [-0.2, -0.15) is 0 Å². The first-order valence-electron chi connectivity index (χ1n) is 6.03. The van der Waals surface area contributed by atoms with E-state index in [1.165, 1.54) is 6.07 Å². The lowest BCUT2D eigenvalue weighted by Crippen LogP contribution is -2.45. The highest BCUT2D eigenvalue weighted by Crippen LogP contribution is 2.20. The van der Waals surface area contributed by atoms with Crippen molar-refractivity contribution in [1.29, 1.82) is 0 Å². The van der Waals surface area contributed by atoms with Crippen molar-refractivity contribution in [2.24, 2.45) is 5.73 Å². The van der Waals surface area contributed by atoms with Crippen LogP contribution in [0.2, 0.25) is 10.0 Å². The lowest BCUT2D eigenvalue weighted by molar-refractivity contribution is -0.139. The van der Waals surface area contributed by atoms with Crippen LogP contribution in [-0.4, -0.2) is 28.9 Å². The summed E-state index contributed by atoms with van der Waals surface area (Å²) in [6.45, 7) is 0. The minimum absolute atomic E-state index is 0.119. The number of carbonyl (C=O) groups is 3. The molecule has 114 valence electrons. The van der Waals surface area contributed by atoms with Gasteiger partial charge in [0, 0.05) is 22.9 Å². The Morgan fingerprint density at radius 2 is 1.71 bits per heavy atom. The highest BCUT2D eigenvalue weighted by atomic mass is 35.5. The molecule has 0 saturated carbocycles. The smallest absolute Gasteiger partial charge is 0.303 e. The molecule has 0 bridgehead atoms. The molecule has 4 N–H and O–H groups in total. The van der Waals surface area contributed by atoms with Gasteiger partial charge in [0.05, 0.1) is 6.42 Å². The third kappa shape index (κ3) is 6.46. The van der Waals surface area contributed by atoms with E-state index < -0.39 is 23.8 Å². The van der Waals surface area contributed by atoms with Crippen molar-refractivity contribution in [2.75, 3.05) is 0 Å². The number of carboxylic acids is 1. The van der Waals surface area contributed by atoms with Crippen molar-refractivity contribution in [3.05, 3.63) is 33.8 Å². The Labute approximate surface area is 131 Å². The maximum absolute atomic E-state index is 11.6. The van der Waals surface area contributed by atoms with Gasteiger partial charge in [-0.05, 0) is 23.8 Å². The number of nitrogens with one attached hydrogen (secondary N) is 1. The van der Waals surface area contributed by atoms with Crippen LogP contribution in [0.15, 0.2) is 18.2 Å². The zero-order chi connectivity index (χ0) is 16.0. The van der Waals surface area contributed by atoms with Crippen LogP contribution in [0.5, 0.6) is 0 Å². The second-order valence-corrected chi connectivity index (χ2v) is 5.27. The van der Waals surface area contributed by atoms with Crippen molar-refractivity contribution in [3.8, 4) is 0 Å². The fraction of sp³-hybridized carbons (Fsp3) is 0.308. The fourth-order valence-electron chi connectivity index (χ4n) is 1.67. The predicted molar refractivity (Wildman–Crippen MR) is 78.2 cm³/mol. The Morgan fingerprint density at radius 3 is 2.19 bits per heavy atom. The Hall–Kier alpha value is -1.79. The molecule has 6 nitrogen and oxygen atoms in total. The van der Waals surface area contributed by atoms with Gasteiger partial charge in [0.25, 0.3) is 0 Å². The molecule has 1 aromatic carbocycles. The molecule has 21 heavy (non-hydrogen) atoms. The van der Waals surface area contributed by atoms with Crippen molar-refractivity contribution in [2.45, 2.75) is 25.3 Å². The number of halogens is 2. The average molecular weight is 333 g/mol. The summed E-state index contributed by atoms with van der Waals surface area (Å²) < 4.78 is 0. The summed E-state index contributed by atoms with van der Waals surface area (Å²) in [5.74, 6) is -2.38. The first-order valence-corrected chi connectivity index (χ1v) is 6.79. The number of amides is 2. The van der Waals surface area contributed by atoms with Crippen LogP contribution >= 0.6 is 23.2 Å². The SMILES string of the molecule is NC(=O)[C@H](Cc1cc(Cl)cc(Cl)c1)NC(=O)CCC(=O)O. The highest BCUT2D eigenvalue weighted by molar-refractivity contribution is 6.34.